The van der Waals surface area contributed by atoms with E-state index in [4.69, 9.17) is 14.2 Å². The fourth-order valence-corrected chi connectivity index (χ4v) is 6.76. The van der Waals surface area contributed by atoms with Gasteiger partial charge in [0.2, 0.25) is 0 Å². The van der Waals surface area contributed by atoms with Gasteiger partial charge in [-0.2, -0.15) is 0 Å². The SMILES string of the molecule is CC/C=C\C/C=C\C/C=C\C/C=C\C/C=C\CCCC(=O)OCC(COC(=O)CCCCC/C=C\CCCCCCCC)OC(=O)CCCCC/C=C\CCCCCCCCC. The van der Waals surface area contributed by atoms with E-state index in [0.29, 0.717) is 19.3 Å². The molecule has 0 heterocycles. The number of ether oxygens (including phenoxy) is 3. The van der Waals surface area contributed by atoms with Crippen LogP contribution in [0, 0.1) is 0 Å². The van der Waals surface area contributed by atoms with E-state index in [0.717, 1.165) is 103 Å². The lowest BCUT2D eigenvalue weighted by Gasteiger charge is -2.18. The van der Waals surface area contributed by atoms with E-state index in [2.05, 4.69) is 106 Å². The summed E-state index contributed by atoms with van der Waals surface area (Å²) in [6.45, 7) is 6.43. The Morgan fingerprint density at radius 1 is 0.339 bits per heavy atom. The summed E-state index contributed by atoms with van der Waals surface area (Å²) in [5.74, 6) is -1.00. The van der Waals surface area contributed by atoms with E-state index in [-0.39, 0.29) is 37.5 Å². The van der Waals surface area contributed by atoms with Crippen molar-refractivity contribution >= 4 is 17.9 Å². The minimum atomic E-state index is -0.812. The Balaban J connectivity index is 4.52. The van der Waals surface area contributed by atoms with Gasteiger partial charge in [-0.3, -0.25) is 14.4 Å². The summed E-state index contributed by atoms with van der Waals surface area (Å²) < 4.78 is 16.7. The van der Waals surface area contributed by atoms with Crippen molar-refractivity contribution in [2.75, 3.05) is 13.2 Å². The molecule has 1 unspecified atom stereocenters. The van der Waals surface area contributed by atoms with E-state index in [1.165, 1.54) is 83.5 Å². The molecule has 354 valence electrons. The minimum absolute atomic E-state index is 0.109. The summed E-state index contributed by atoms with van der Waals surface area (Å²) in [7, 11) is 0. The van der Waals surface area contributed by atoms with E-state index in [9.17, 15) is 14.4 Å². The van der Waals surface area contributed by atoms with Gasteiger partial charge in [-0.25, -0.2) is 0 Å². The van der Waals surface area contributed by atoms with Crippen molar-refractivity contribution in [1.29, 1.82) is 0 Å². The van der Waals surface area contributed by atoms with Crippen LogP contribution >= 0.6 is 0 Å². The van der Waals surface area contributed by atoms with E-state index >= 15 is 0 Å². The second-order valence-electron chi connectivity index (χ2n) is 16.7. The highest BCUT2D eigenvalue weighted by atomic mass is 16.6. The monoisotopic (exact) mass is 863 g/mol. The summed E-state index contributed by atoms with van der Waals surface area (Å²) in [5, 5.41) is 0. The lowest BCUT2D eigenvalue weighted by Crippen LogP contribution is -2.30. The van der Waals surface area contributed by atoms with E-state index < -0.39 is 6.10 Å². The number of hydrogen-bond donors (Lipinski definition) is 0. The van der Waals surface area contributed by atoms with Gasteiger partial charge < -0.3 is 14.2 Å². The van der Waals surface area contributed by atoms with Gasteiger partial charge in [0.1, 0.15) is 13.2 Å². The Kier molecular flexibility index (Phi) is 47.5. The van der Waals surface area contributed by atoms with Crippen molar-refractivity contribution in [2.24, 2.45) is 0 Å². The zero-order valence-corrected chi connectivity index (χ0v) is 40.4. The standard InChI is InChI=1S/C56H94O6/c1-4-7-10-13-16-19-22-25-27-28-29-32-34-37-40-43-46-49-55(58)61-52-53(51-60-54(57)48-45-42-39-36-33-30-24-21-18-15-12-9-6-3)62-56(59)50-47-44-41-38-35-31-26-23-20-17-14-11-8-5-2/h7,10,16,19,25,27,29-33,35,37,40,53H,4-6,8-9,11-15,17-18,20-24,26,28,34,36,38-39,41-52H2,1-3H3/b10-7-,19-16-,27-25-,32-29-,33-30-,35-31-,40-37-. The highest BCUT2D eigenvalue weighted by Crippen LogP contribution is 2.13. The largest absolute Gasteiger partial charge is 0.462 e. The lowest BCUT2D eigenvalue weighted by molar-refractivity contribution is -0.167. The number of rotatable bonds is 45. The second-order valence-corrected chi connectivity index (χ2v) is 16.7. The molecule has 0 spiro atoms. The minimum Gasteiger partial charge on any atom is -0.462 e. The van der Waals surface area contributed by atoms with Crippen LogP contribution < -0.4 is 0 Å². The maximum absolute atomic E-state index is 12.8. The molecule has 62 heavy (non-hydrogen) atoms. The molecule has 0 bridgehead atoms. The normalized spacial score (nSPS) is 12.8. The second kappa shape index (κ2) is 50.2. The van der Waals surface area contributed by atoms with E-state index in [1.807, 2.05) is 0 Å². The van der Waals surface area contributed by atoms with Gasteiger partial charge in [0.05, 0.1) is 0 Å². The van der Waals surface area contributed by atoms with Crippen LogP contribution in [-0.2, 0) is 28.6 Å². The highest BCUT2D eigenvalue weighted by Gasteiger charge is 2.19. The zero-order chi connectivity index (χ0) is 45.1. The van der Waals surface area contributed by atoms with Crippen molar-refractivity contribution in [2.45, 2.75) is 239 Å². The molecule has 0 amide bonds. The molecule has 0 rings (SSSR count). The number of hydrogen-bond acceptors (Lipinski definition) is 6. The smallest absolute Gasteiger partial charge is 0.306 e. The maximum atomic E-state index is 12.8. The van der Waals surface area contributed by atoms with E-state index in [1.54, 1.807) is 0 Å². The van der Waals surface area contributed by atoms with Crippen molar-refractivity contribution in [1.82, 2.24) is 0 Å². The maximum Gasteiger partial charge on any atom is 0.306 e. The summed E-state index contributed by atoms with van der Waals surface area (Å²) >= 11 is 0. The van der Waals surface area contributed by atoms with Crippen LogP contribution in [0.1, 0.15) is 233 Å². The molecule has 0 aliphatic rings. The highest BCUT2D eigenvalue weighted by molar-refractivity contribution is 5.71. The van der Waals surface area contributed by atoms with Gasteiger partial charge in [-0.05, 0) is 109 Å². The third-order valence-corrected chi connectivity index (χ3v) is 10.6. The van der Waals surface area contributed by atoms with Crippen LogP contribution in [-0.4, -0.2) is 37.2 Å². The van der Waals surface area contributed by atoms with Crippen molar-refractivity contribution in [3.8, 4) is 0 Å². The summed E-state index contributed by atoms with van der Waals surface area (Å²) in [4.78, 5) is 37.9. The average Bonchev–Trinajstić information content (AvgIpc) is 3.27. The average molecular weight is 863 g/mol. The van der Waals surface area contributed by atoms with Gasteiger partial charge in [0.25, 0.3) is 0 Å². The van der Waals surface area contributed by atoms with Crippen LogP contribution in [0.2, 0.25) is 0 Å². The van der Waals surface area contributed by atoms with Crippen LogP contribution in [0.15, 0.2) is 85.1 Å². The third kappa shape index (κ3) is 47.6. The Hall–Kier alpha value is -3.41. The first kappa shape index (κ1) is 58.6. The molecule has 0 aliphatic carbocycles. The predicted octanol–water partition coefficient (Wildman–Crippen LogP) is 16.8. The molecule has 0 aromatic heterocycles. The molecule has 0 saturated carbocycles. The Bertz CT molecular complexity index is 1220. The number of unbranched alkanes of at least 4 members (excludes halogenated alkanes) is 20. The molecular formula is C56H94O6. The molecule has 0 radical (unpaired) electrons. The summed E-state index contributed by atoms with van der Waals surface area (Å²) in [5.41, 5.74) is 0. The topological polar surface area (TPSA) is 78.9 Å². The third-order valence-electron chi connectivity index (χ3n) is 10.6. The van der Waals surface area contributed by atoms with Crippen LogP contribution in [0.3, 0.4) is 0 Å². The summed E-state index contributed by atoms with van der Waals surface area (Å²) in [6, 6.07) is 0. The first-order chi connectivity index (χ1) is 30.5. The number of allylic oxidation sites excluding steroid dienone is 14. The van der Waals surface area contributed by atoms with Crippen molar-refractivity contribution in [3.05, 3.63) is 85.1 Å². The first-order valence-electron chi connectivity index (χ1n) is 25.6. The molecule has 0 N–H and O–H groups in total. The predicted molar refractivity (Wildman–Crippen MR) is 265 cm³/mol. The Labute approximate surface area is 382 Å². The number of esters is 3. The molecular weight excluding hydrogens is 769 g/mol. The van der Waals surface area contributed by atoms with Crippen LogP contribution in [0.5, 0.6) is 0 Å². The molecule has 6 heteroatoms. The van der Waals surface area contributed by atoms with Crippen LogP contribution in [0.4, 0.5) is 0 Å². The van der Waals surface area contributed by atoms with Gasteiger partial charge in [-0.1, -0.05) is 189 Å². The van der Waals surface area contributed by atoms with Crippen molar-refractivity contribution < 1.29 is 28.6 Å². The molecule has 0 aliphatic heterocycles. The zero-order valence-electron chi connectivity index (χ0n) is 40.4. The number of carbonyl (C=O) groups is 3. The Morgan fingerprint density at radius 3 is 1.06 bits per heavy atom. The molecule has 1 atom stereocenters. The molecule has 0 aromatic carbocycles. The van der Waals surface area contributed by atoms with Gasteiger partial charge >= 0.3 is 17.9 Å². The lowest BCUT2D eigenvalue weighted by atomic mass is 10.1. The molecule has 0 aromatic rings. The fraction of sp³-hybridized carbons (Fsp3) is 0.696. The molecule has 0 fully saturated rings. The molecule has 0 saturated heterocycles. The van der Waals surface area contributed by atoms with Gasteiger partial charge in [0.15, 0.2) is 6.10 Å². The van der Waals surface area contributed by atoms with Gasteiger partial charge in [0, 0.05) is 19.3 Å². The fourth-order valence-electron chi connectivity index (χ4n) is 6.76. The quantitative estimate of drug-likeness (QED) is 0.0263. The Morgan fingerprint density at radius 2 is 0.645 bits per heavy atom. The molecule has 6 nitrogen and oxygen atoms in total. The van der Waals surface area contributed by atoms with Crippen LogP contribution in [0.25, 0.3) is 0 Å². The summed E-state index contributed by atoms with van der Waals surface area (Å²) in [6.07, 6.45) is 64.3. The first-order valence-corrected chi connectivity index (χ1v) is 25.6. The van der Waals surface area contributed by atoms with Crippen molar-refractivity contribution in [3.63, 3.8) is 0 Å². The van der Waals surface area contributed by atoms with Gasteiger partial charge in [-0.15, -0.1) is 0 Å². The number of carbonyl (C=O) groups excluding carboxylic acids is 3.